The fourth-order valence-electron chi connectivity index (χ4n) is 1.44. The van der Waals surface area contributed by atoms with Crippen molar-refractivity contribution in [1.29, 1.82) is 0 Å². The molecule has 0 unspecified atom stereocenters. The van der Waals surface area contributed by atoms with Crippen molar-refractivity contribution < 1.29 is 4.74 Å². The Kier molecular flexibility index (Phi) is 4.76. The molecule has 2 heteroatoms. The molecule has 0 bridgehead atoms. The van der Waals surface area contributed by atoms with Gasteiger partial charge in [0.05, 0.1) is 7.11 Å². The lowest BCUT2D eigenvalue weighted by atomic mass is 10.1. The first-order chi connectivity index (χ1) is 7.90. The third-order valence-electron chi connectivity index (χ3n) is 2.43. The maximum atomic E-state index is 5.13. The van der Waals surface area contributed by atoms with Gasteiger partial charge in [-0.05, 0) is 45.4 Å². The molecule has 17 heavy (non-hydrogen) atoms. The third kappa shape index (κ3) is 5.55. The van der Waals surface area contributed by atoms with E-state index < -0.39 is 0 Å². The number of benzene rings is 1. The van der Waals surface area contributed by atoms with Gasteiger partial charge in [0.2, 0.25) is 0 Å². The van der Waals surface area contributed by atoms with E-state index in [0.29, 0.717) is 0 Å². The van der Waals surface area contributed by atoms with Gasteiger partial charge >= 0.3 is 0 Å². The van der Waals surface area contributed by atoms with E-state index >= 15 is 0 Å². The minimum absolute atomic E-state index is 0.162. The second-order valence-corrected chi connectivity index (χ2v) is 5.37. The van der Waals surface area contributed by atoms with Crippen LogP contribution in [-0.2, 0) is 0 Å². The van der Waals surface area contributed by atoms with Crippen molar-refractivity contribution in [3.8, 4) is 5.75 Å². The average molecular weight is 233 g/mol. The van der Waals surface area contributed by atoms with Crippen molar-refractivity contribution in [2.24, 2.45) is 0 Å². The molecule has 0 saturated carbocycles. The van der Waals surface area contributed by atoms with E-state index in [4.69, 9.17) is 4.74 Å². The molecule has 1 aromatic rings. The fourth-order valence-corrected chi connectivity index (χ4v) is 1.44. The molecule has 0 aromatic heterocycles. The number of nitrogens with one attached hydrogen (secondary N) is 1. The first-order valence-electron chi connectivity index (χ1n) is 5.97. The molecule has 0 spiro atoms. The number of rotatable bonds is 4. The summed E-state index contributed by atoms with van der Waals surface area (Å²) in [6.45, 7) is 9.58. The molecule has 0 heterocycles. The number of hydrogen-bond acceptors (Lipinski definition) is 2. The lowest BCUT2D eigenvalue weighted by Gasteiger charge is -2.20. The summed E-state index contributed by atoms with van der Waals surface area (Å²) in [5.74, 6) is 0.896. The van der Waals surface area contributed by atoms with Gasteiger partial charge in [-0.1, -0.05) is 23.8 Å². The number of methoxy groups -OCH3 is 1. The van der Waals surface area contributed by atoms with Gasteiger partial charge in [-0.3, -0.25) is 0 Å². The van der Waals surface area contributed by atoms with E-state index in [1.807, 2.05) is 12.1 Å². The number of hydrogen-bond donors (Lipinski definition) is 1. The van der Waals surface area contributed by atoms with E-state index in [1.54, 1.807) is 7.11 Å². The van der Waals surface area contributed by atoms with E-state index in [1.165, 1.54) is 11.1 Å². The Bertz CT molecular complexity index is 371. The van der Waals surface area contributed by atoms with Gasteiger partial charge in [0.25, 0.3) is 0 Å². The molecule has 1 rings (SSSR count). The lowest BCUT2D eigenvalue weighted by molar-refractivity contribution is 0.415. The highest BCUT2D eigenvalue weighted by Gasteiger charge is 2.07. The fraction of sp³-hybridized carbons (Fsp3) is 0.467. The van der Waals surface area contributed by atoms with E-state index in [9.17, 15) is 0 Å². The summed E-state index contributed by atoms with van der Waals surface area (Å²) < 4.78 is 5.13. The second kappa shape index (κ2) is 5.87. The Morgan fingerprint density at radius 3 is 2.29 bits per heavy atom. The van der Waals surface area contributed by atoms with Gasteiger partial charge in [-0.25, -0.2) is 0 Å². The summed E-state index contributed by atoms with van der Waals surface area (Å²) in [7, 11) is 1.68. The summed E-state index contributed by atoms with van der Waals surface area (Å²) in [5, 5.41) is 3.47. The van der Waals surface area contributed by atoms with E-state index in [2.05, 4.69) is 51.2 Å². The lowest BCUT2D eigenvalue weighted by Crippen LogP contribution is -2.36. The molecule has 1 N–H and O–H groups in total. The third-order valence-corrected chi connectivity index (χ3v) is 2.43. The van der Waals surface area contributed by atoms with Crippen LogP contribution in [0.1, 0.15) is 33.3 Å². The molecular weight excluding hydrogens is 210 g/mol. The molecule has 0 aliphatic heterocycles. The van der Waals surface area contributed by atoms with E-state index in [0.717, 1.165) is 12.3 Å². The van der Waals surface area contributed by atoms with Crippen molar-refractivity contribution >= 4 is 6.08 Å². The Hall–Kier alpha value is -1.28. The highest BCUT2D eigenvalue weighted by Crippen LogP contribution is 2.14. The van der Waals surface area contributed by atoms with Crippen LogP contribution >= 0.6 is 0 Å². The van der Waals surface area contributed by atoms with Gasteiger partial charge in [0, 0.05) is 12.1 Å². The summed E-state index contributed by atoms with van der Waals surface area (Å²) in [6, 6.07) is 8.10. The van der Waals surface area contributed by atoms with Gasteiger partial charge in [-0.2, -0.15) is 0 Å². The highest BCUT2D eigenvalue weighted by molar-refractivity contribution is 5.53. The summed E-state index contributed by atoms with van der Waals surface area (Å²) >= 11 is 0. The highest BCUT2D eigenvalue weighted by atomic mass is 16.5. The molecule has 1 aromatic carbocycles. The topological polar surface area (TPSA) is 21.3 Å². The molecule has 0 atom stereocenters. The van der Waals surface area contributed by atoms with Crippen LogP contribution in [0.15, 0.2) is 29.8 Å². The maximum absolute atomic E-state index is 5.13. The monoisotopic (exact) mass is 233 g/mol. The van der Waals surface area contributed by atoms with Crippen LogP contribution in [0.25, 0.3) is 6.08 Å². The van der Waals surface area contributed by atoms with Gasteiger partial charge in [0.1, 0.15) is 5.75 Å². The normalized spacial score (nSPS) is 12.6. The van der Waals surface area contributed by atoms with Crippen molar-refractivity contribution in [1.82, 2.24) is 5.32 Å². The zero-order chi connectivity index (χ0) is 12.9. The van der Waals surface area contributed by atoms with Crippen LogP contribution in [-0.4, -0.2) is 19.2 Å². The molecular formula is C15H23NO. The van der Waals surface area contributed by atoms with Crippen molar-refractivity contribution in [3.05, 3.63) is 35.4 Å². The second-order valence-electron chi connectivity index (χ2n) is 5.37. The van der Waals surface area contributed by atoms with Crippen LogP contribution in [0.5, 0.6) is 5.75 Å². The quantitative estimate of drug-likeness (QED) is 0.859. The predicted octanol–water partition coefficient (Wildman–Crippen LogP) is 3.49. The summed E-state index contributed by atoms with van der Waals surface area (Å²) in [5.41, 5.74) is 2.69. The van der Waals surface area contributed by atoms with Crippen LogP contribution in [0.4, 0.5) is 0 Å². The first kappa shape index (κ1) is 13.8. The minimum atomic E-state index is 0.162. The molecule has 0 amide bonds. The Labute approximate surface area is 105 Å². The average Bonchev–Trinajstić information content (AvgIpc) is 2.27. The maximum Gasteiger partial charge on any atom is 0.118 e. The Morgan fingerprint density at radius 1 is 1.24 bits per heavy atom. The summed E-state index contributed by atoms with van der Waals surface area (Å²) in [4.78, 5) is 0. The smallest absolute Gasteiger partial charge is 0.118 e. The van der Waals surface area contributed by atoms with Crippen LogP contribution in [0.2, 0.25) is 0 Å². The van der Waals surface area contributed by atoms with Crippen molar-refractivity contribution in [2.75, 3.05) is 13.7 Å². The predicted molar refractivity (Wildman–Crippen MR) is 74.4 cm³/mol. The zero-order valence-corrected chi connectivity index (χ0v) is 11.5. The molecule has 0 radical (unpaired) electrons. The van der Waals surface area contributed by atoms with Gasteiger partial charge in [0.15, 0.2) is 0 Å². The van der Waals surface area contributed by atoms with Gasteiger partial charge < -0.3 is 10.1 Å². The van der Waals surface area contributed by atoms with Gasteiger partial charge in [-0.15, -0.1) is 0 Å². The molecule has 94 valence electrons. The molecule has 0 aliphatic rings. The summed E-state index contributed by atoms with van der Waals surface area (Å²) in [6.07, 6.45) is 2.19. The molecule has 0 fully saturated rings. The SMILES string of the molecule is COc1ccc(C=C(C)CNC(C)(C)C)cc1. The standard InChI is InChI=1S/C15H23NO/c1-12(11-16-15(2,3)4)10-13-6-8-14(17-5)9-7-13/h6-10,16H,11H2,1-5H3. The molecule has 2 nitrogen and oxygen atoms in total. The Morgan fingerprint density at radius 2 is 1.82 bits per heavy atom. The molecule has 0 aliphatic carbocycles. The zero-order valence-electron chi connectivity index (χ0n) is 11.5. The van der Waals surface area contributed by atoms with E-state index in [-0.39, 0.29) is 5.54 Å². The molecule has 0 saturated heterocycles. The number of ether oxygens (including phenoxy) is 1. The minimum Gasteiger partial charge on any atom is -0.497 e. The van der Waals surface area contributed by atoms with Crippen molar-refractivity contribution in [3.63, 3.8) is 0 Å². The Balaban J connectivity index is 2.61. The van der Waals surface area contributed by atoms with Crippen LogP contribution < -0.4 is 10.1 Å². The van der Waals surface area contributed by atoms with Crippen LogP contribution in [0, 0.1) is 0 Å². The largest absolute Gasteiger partial charge is 0.497 e. The van der Waals surface area contributed by atoms with Crippen LogP contribution in [0.3, 0.4) is 0 Å². The van der Waals surface area contributed by atoms with Crippen molar-refractivity contribution in [2.45, 2.75) is 33.2 Å². The first-order valence-corrected chi connectivity index (χ1v) is 5.97.